The first kappa shape index (κ1) is 25.6. The van der Waals surface area contributed by atoms with E-state index in [0.29, 0.717) is 6.04 Å². The number of carbonyl (C=O) groups excluding carboxylic acids is 1. The van der Waals surface area contributed by atoms with Crippen molar-refractivity contribution in [1.82, 2.24) is 9.80 Å². The zero-order chi connectivity index (χ0) is 25.1. The first-order valence-electron chi connectivity index (χ1n) is 11.7. The minimum absolute atomic E-state index is 0.0396. The quantitative estimate of drug-likeness (QED) is 0.586. The summed E-state index contributed by atoms with van der Waals surface area (Å²) in [5.74, 6) is -1.01. The molecule has 1 unspecified atom stereocenters. The van der Waals surface area contributed by atoms with Gasteiger partial charge in [0.15, 0.2) is 9.84 Å². The lowest BCUT2D eigenvalue weighted by Gasteiger charge is -2.38. The molecular formula is C23H31ClF3N3O3S. The monoisotopic (exact) mass is 521 g/mol. The predicted octanol–water partition coefficient (Wildman–Crippen LogP) is 3.98. The molecule has 1 aliphatic carbocycles. The van der Waals surface area contributed by atoms with Crippen molar-refractivity contribution in [3.63, 3.8) is 0 Å². The Balaban J connectivity index is 1.49. The Morgan fingerprint density at radius 3 is 2.26 bits per heavy atom. The summed E-state index contributed by atoms with van der Waals surface area (Å²) in [6.45, 7) is 9.06. The summed E-state index contributed by atoms with van der Waals surface area (Å²) in [5, 5.41) is -0.899. The minimum atomic E-state index is -4.62. The highest BCUT2D eigenvalue weighted by molar-refractivity contribution is 7.92. The van der Waals surface area contributed by atoms with Crippen LogP contribution in [0.5, 0.6) is 0 Å². The van der Waals surface area contributed by atoms with E-state index in [9.17, 15) is 26.4 Å². The van der Waals surface area contributed by atoms with E-state index < -0.39 is 38.6 Å². The van der Waals surface area contributed by atoms with Crippen molar-refractivity contribution in [1.29, 1.82) is 0 Å². The van der Waals surface area contributed by atoms with Gasteiger partial charge in [-0.15, -0.1) is 0 Å². The normalized spacial score (nSPS) is 25.8. The molecule has 2 atom stereocenters. The maximum atomic E-state index is 13.4. The van der Waals surface area contributed by atoms with Crippen LogP contribution in [-0.2, 0) is 14.6 Å². The number of carbonyl (C=O) groups is 1. The Labute approximate surface area is 203 Å². The molecule has 0 bridgehead atoms. The second kappa shape index (κ2) is 8.85. The molecule has 1 aromatic carbocycles. The fourth-order valence-corrected chi connectivity index (χ4v) is 7.43. The number of nitrogens with zero attached hydrogens (tertiary/aromatic N) is 3. The van der Waals surface area contributed by atoms with Crippen LogP contribution in [0.3, 0.4) is 0 Å². The van der Waals surface area contributed by atoms with Crippen molar-refractivity contribution in [2.24, 2.45) is 5.41 Å². The fraction of sp³-hybridized carbons (Fsp3) is 0.696. The third kappa shape index (κ3) is 4.41. The average molecular weight is 522 g/mol. The second-order valence-corrected chi connectivity index (χ2v) is 12.6. The second-order valence-electron chi connectivity index (χ2n) is 10.0. The van der Waals surface area contributed by atoms with Gasteiger partial charge >= 0.3 is 6.18 Å². The largest absolute Gasteiger partial charge is 0.403 e. The molecule has 4 rings (SSSR count). The Bertz CT molecular complexity index is 1050. The Morgan fingerprint density at radius 1 is 1.15 bits per heavy atom. The molecule has 1 aromatic rings. The molecule has 11 heteroatoms. The summed E-state index contributed by atoms with van der Waals surface area (Å²) in [6.07, 6.45) is -5.03. The van der Waals surface area contributed by atoms with Crippen molar-refractivity contribution in [3.8, 4) is 0 Å². The van der Waals surface area contributed by atoms with Gasteiger partial charge in [0.05, 0.1) is 15.2 Å². The number of benzene rings is 1. The van der Waals surface area contributed by atoms with E-state index in [1.54, 1.807) is 19.1 Å². The maximum absolute atomic E-state index is 13.4. The van der Waals surface area contributed by atoms with Crippen LogP contribution in [0.25, 0.3) is 0 Å². The minimum Gasteiger partial charge on any atom is -0.369 e. The van der Waals surface area contributed by atoms with Gasteiger partial charge in [-0.3, -0.25) is 9.69 Å². The number of hydrogen-bond donors (Lipinski definition) is 0. The van der Waals surface area contributed by atoms with Gasteiger partial charge in [0.2, 0.25) is 5.91 Å². The van der Waals surface area contributed by atoms with E-state index in [1.165, 1.54) is 6.07 Å². The van der Waals surface area contributed by atoms with Crippen molar-refractivity contribution >= 4 is 33.0 Å². The van der Waals surface area contributed by atoms with Crippen LogP contribution in [0.4, 0.5) is 18.9 Å². The number of halogens is 4. The Morgan fingerprint density at radius 2 is 1.76 bits per heavy atom. The number of rotatable bonds is 5. The lowest BCUT2D eigenvalue weighted by molar-refractivity contribution is -0.198. The van der Waals surface area contributed by atoms with Gasteiger partial charge < -0.3 is 9.80 Å². The topological polar surface area (TPSA) is 60.9 Å². The summed E-state index contributed by atoms with van der Waals surface area (Å²) in [4.78, 5) is 18.3. The summed E-state index contributed by atoms with van der Waals surface area (Å²) in [7, 11) is -3.93. The summed E-state index contributed by atoms with van der Waals surface area (Å²) < 4.78 is 67.1. The van der Waals surface area contributed by atoms with Gasteiger partial charge in [0.1, 0.15) is 5.41 Å². The highest BCUT2D eigenvalue weighted by Gasteiger charge is 2.70. The van der Waals surface area contributed by atoms with Crippen LogP contribution >= 0.6 is 11.6 Å². The molecule has 0 N–H and O–H groups in total. The van der Waals surface area contributed by atoms with E-state index in [1.807, 2.05) is 0 Å². The number of hydrogen-bond acceptors (Lipinski definition) is 5. The Hall–Kier alpha value is -1.52. The lowest BCUT2D eigenvalue weighted by Crippen LogP contribution is -2.48. The van der Waals surface area contributed by atoms with Crippen LogP contribution in [0.15, 0.2) is 23.1 Å². The lowest BCUT2D eigenvalue weighted by atomic mass is 10.0. The molecule has 0 aromatic heterocycles. The van der Waals surface area contributed by atoms with E-state index in [4.69, 9.17) is 11.6 Å². The summed E-state index contributed by atoms with van der Waals surface area (Å²) in [5.41, 5.74) is -1.51. The molecule has 2 heterocycles. The van der Waals surface area contributed by atoms with Gasteiger partial charge in [-0.05, 0) is 58.2 Å². The highest BCUT2D eigenvalue weighted by atomic mass is 35.5. The third-order valence-electron chi connectivity index (χ3n) is 7.57. The van der Waals surface area contributed by atoms with Crippen molar-refractivity contribution in [2.75, 3.05) is 37.6 Å². The molecule has 34 heavy (non-hydrogen) atoms. The molecule has 2 saturated heterocycles. The van der Waals surface area contributed by atoms with E-state index in [0.717, 1.165) is 36.8 Å². The first-order valence-corrected chi connectivity index (χ1v) is 13.6. The molecule has 0 radical (unpaired) electrons. The molecule has 3 fully saturated rings. The zero-order valence-corrected chi connectivity index (χ0v) is 21.2. The van der Waals surface area contributed by atoms with E-state index in [-0.39, 0.29) is 35.7 Å². The van der Waals surface area contributed by atoms with E-state index in [2.05, 4.69) is 23.6 Å². The van der Waals surface area contributed by atoms with Crippen LogP contribution in [0.2, 0.25) is 5.02 Å². The molecule has 0 spiro atoms. The number of alkyl halides is 3. The summed E-state index contributed by atoms with van der Waals surface area (Å²) >= 11 is 6.42. The molecule has 190 valence electrons. The average Bonchev–Trinajstić information content (AvgIpc) is 3.50. The molecule has 1 amide bonds. The maximum Gasteiger partial charge on any atom is 0.403 e. The smallest absolute Gasteiger partial charge is 0.369 e. The first-order chi connectivity index (χ1) is 15.8. The number of sulfone groups is 1. The van der Waals surface area contributed by atoms with Crippen molar-refractivity contribution in [3.05, 3.63) is 23.2 Å². The van der Waals surface area contributed by atoms with Crippen LogP contribution < -0.4 is 4.90 Å². The number of likely N-dealkylation sites (tertiary alicyclic amines) is 1. The third-order valence-corrected chi connectivity index (χ3v) is 10.2. The van der Waals surface area contributed by atoms with Crippen molar-refractivity contribution in [2.45, 2.75) is 68.4 Å². The van der Waals surface area contributed by atoms with Crippen LogP contribution in [-0.4, -0.2) is 80.4 Å². The molecule has 6 nitrogen and oxygen atoms in total. The highest BCUT2D eigenvalue weighted by Crippen LogP contribution is 2.59. The standard InChI is InChI=1S/C23H31ClF3N3O3S/c1-15(2)28-8-10-29(11-9-28)17-4-5-20(19(24)13-17)34(32,33)18-12-16(3)30(14-18)21(31)22(6-7-22)23(25,26)27/h4-5,13,15-16,18H,6-12,14H2,1-3H3/t16-,18?/m1/s1. The molecule has 3 aliphatic rings. The van der Waals surface area contributed by atoms with Gasteiger partial charge in [0, 0.05) is 50.5 Å². The molecular weight excluding hydrogens is 491 g/mol. The van der Waals surface area contributed by atoms with Crippen LogP contribution in [0, 0.1) is 5.41 Å². The molecule has 2 aliphatic heterocycles. The van der Waals surface area contributed by atoms with Gasteiger partial charge in [0.25, 0.3) is 0 Å². The zero-order valence-electron chi connectivity index (χ0n) is 19.6. The fourth-order valence-electron chi connectivity index (χ4n) is 5.10. The SMILES string of the molecule is CC(C)N1CCN(c2ccc(S(=O)(=O)C3C[C@@H](C)N(C(=O)C4(C(F)(F)F)CC4)C3)c(Cl)c2)CC1. The van der Waals surface area contributed by atoms with Gasteiger partial charge in [-0.1, -0.05) is 11.6 Å². The molecule has 1 saturated carbocycles. The number of piperazine rings is 1. The number of anilines is 1. The Kier molecular flexibility index (Phi) is 6.66. The van der Waals surface area contributed by atoms with E-state index >= 15 is 0 Å². The van der Waals surface area contributed by atoms with Crippen molar-refractivity contribution < 1.29 is 26.4 Å². The van der Waals surface area contributed by atoms with Gasteiger partial charge in [-0.2, -0.15) is 13.2 Å². The van der Waals surface area contributed by atoms with Crippen LogP contribution in [0.1, 0.15) is 40.0 Å². The van der Waals surface area contributed by atoms with Gasteiger partial charge in [-0.25, -0.2) is 8.42 Å². The summed E-state index contributed by atoms with van der Waals surface area (Å²) in [6, 6.07) is 4.72. The number of amides is 1. The predicted molar refractivity (Wildman–Crippen MR) is 125 cm³/mol.